The summed E-state index contributed by atoms with van der Waals surface area (Å²) in [6, 6.07) is 14.9. The lowest BCUT2D eigenvalue weighted by Crippen LogP contribution is -2.42. The highest BCUT2D eigenvalue weighted by molar-refractivity contribution is 7.10. The van der Waals surface area contributed by atoms with Crippen molar-refractivity contribution in [2.45, 2.75) is 25.9 Å². The number of fused-ring (bicyclic) bond motifs is 1. The Labute approximate surface area is 162 Å². The molecule has 0 bridgehead atoms. The number of carbonyl (C=O) groups is 1. The summed E-state index contributed by atoms with van der Waals surface area (Å²) in [5, 5.41) is 7.39. The van der Waals surface area contributed by atoms with Gasteiger partial charge in [-0.15, -0.1) is 22.7 Å². The van der Waals surface area contributed by atoms with Crippen molar-refractivity contribution >= 4 is 28.6 Å². The van der Waals surface area contributed by atoms with Gasteiger partial charge in [-0.1, -0.05) is 30.3 Å². The van der Waals surface area contributed by atoms with E-state index in [9.17, 15) is 4.79 Å². The van der Waals surface area contributed by atoms with Crippen molar-refractivity contribution in [1.29, 1.82) is 0 Å². The van der Waals surface area contributed by atoms with Crippen LogP contribution in [-0.4, -0.2) is 23.9 Å². The molecule has 4 rings (SSSR count). The second-order valence-electron chi connectivity index (χ2n) is 6.64. The normalized spacial score (nSPS) is 17.0. The van der Waals surface area contributed by atoms with Gasteiger partial charge in [0.05, 0.1) is 12.6 Å². The van der Waals surface area contributed by atoms with Crippen LogP contribution in [0.3, 0.4) is 0 Å². The number of hydrogen-bond acceptors (Lipinski definition) is 4. The van der Waals surface area contributed by atoms with Crippen LogP contribution < -0.4 is 5.32 Å². The number of nitrogens with one attached hydrogen (secondary N) is 1. The highest BCUT2D eigenvalue weighted by Gasteiger charge is 2.31. The molecule has 1 amide bonds. The second-order valence-corrected chi connectivity index (χ2v) is 8.62. The van der Waals surface area contributed by atoms with Crippen LogP contribution >= 0.6 is 22.7 Å². The lowest BCUT2D eigenvalue weighted by atomic mass is 9.98. The lowest BCUT2D eigenvalue weighted by Gasteiger charge is -2.34. The van der Waals surface area contributed by atoms with Gasteiger partial charge in [-0.25, -0.2) is 0 Å². The molecule has 5 heteroatoms. The van der Waals surface area contributed by atoms with E-state index in [1.54, 1.807) is 11.3 Å². The van der Waals surface area contributed by atoms with Crippen molar-refractivity contribution in [1.82, 2.24) is 10.2 Å². The average Bonchev–Trinajstić information content (AvgIpc) is 3.32. The number of amides is 1. The van der Waals surface area contributed by atoms with Crippen molar-refractivity contribution in [2.24, 2.45) is 0 Å². The quantitative estimate of drug-likeness (QED) is 0.710. The van der Waals surface area contributed by atoms with Gasteiger partial charge in [-0.3, -0.25) is 9.69 Å². The molecule has 0 unspecified atom stereocenters. The highest BCUT2D eigenvalue weighted by atomic mass is 32.1. The molecule has 0 saturated carbocycles. The van der Waals surface area contributed by atoms with Crippen LogP contribution in [0.1, 0.15) is 32.5 Å². The van der Waals surface area contributed by atoms with Crippen LogP contribution in [0, 0.1) is 6.92 Å². The van der Waals surface area contributed by atoms with Crippen LogP contribution in [0.5, 0.6) is 0 Å². The Hall–Kier alpha value is -1.95. The minimum absolute atomic E-state index is 0.0912. The zero-order chi connectivity index (χ0) is 17.9. The van der Waals surface area contributed by atoms with Gasteiger partial charge in [0.25, 0.3) is 0 Å². The smallest absolute Gasteiger partial charge is 0.234 e. The first-order valence-electron chi connectivity index (χ1n) is 8.87. The van der Waals surface area contributed by atoms with Gasteiger partial charge in [0.1, 0.15) is 0 Å². The maximum Gasteiger partial charge on any atom is 0.234 e. The van der Waals surface area contributed by atoms with Crippen molar-refractivity contribution in [3.8, 4) is 0 Å². The molecular formula is C21H22N2OS2. The molecule has 2 aromatic heterocycles. The predicted molar refractivity (Wildman–Crippen MR) is 109 cm³/mol. The average molecular weight is 383 g/mol. The third kappa shape index (κ3) is 3.61. The molecule has 3 nitrogen and oxygen atoms in total. The molecule has 1 N–H and O–H groups in total. The Morgan fingerprint density at radius 3 is 2.85 bits per heavy atom. The Balaban J connectivity index is 1.46. The molecule has 1 aliphatic rings. The zero-order valence-electron chi connectivity index (χ0n) is 14.8. The van der Waals surface area contributed by atoms with Crippen molar-refractivity contribution < 1.29 is 4.79 Å². The summed E-state index contributed by atoms with van der Waals surface area (Å²) in [5.41, 5.74) is 3.76. The topological polar surface area (TPSA) is 32.3 Å². The summed E-state index contributed by atoms with van der Waals surface area (Å²) < 4.78 is 0. The van der Waals surface area contributed by atoms with Crippen molar-refractivity contribution in [3.63, 3.8) is 0 Å². The maximum atomic E-state index is 12.6. The lowest BCUT2D eigenvalue weighted by molar-refractivity contribution is -0.122. The minimum Gasteiger partial charge on any atom is -0.351 e. The Kier molecular flexibility index (Phi) is 5.20. The monoisotopic (exact) mass is 382 g/mol. The summed E-state index contributed by atoms with van der Waals surface area (Å²) in [6.07, 6.45) is 1.03. The van der Waals surface area contributed by atoms with E-state index in [1.165, 1.54) is 26.4 Å². The third-order valence-electron chi connectivity index (χ3n) is 4.96. The number of hydrogen-bond donors (Lipinski definition) is 1. The number of rotatable bonds is 5. The number of carbonyl (C=O) groups excluding carboxylic acids is 1. The summed E-state index contributed by atoms with van der Waals surface area (Å²) >= 11 is 3.60. The van der Waals surface area contributed by atoms with Crippen molar-refractivity contribution in [2.75, 3.05) is 13.1 Å². The first-order valence-corrected chi connectivity index (χ1v) is 10.6. The van der Waals surface area contributed by atoms with E-state index in [1.807, 2.05) is 23.5 Å². The molecular weight excluding hydrogens is 360 g/mol. The second kappa shape index (κ2) is 7.74. The molecule has 26 heavy (non-hydrogen) atoms. The molecule has 0 aliphatic carbocycles. The molecule has 1 aliphatic heterocycles. The molecule has 134 valence electrons. The van der Waals surface area contributed by atoms with E-state index in [4.69, 9.17) is 0 Å². The Morgan fingerprint density at radius 1 is 1.15 bits per heavy atom. The van der Waals surface area contributed by atoms with Crippen LogP contribution in [0.4, 0.5) is 0 Å². The van der Waals surface area contributed by atoms with Gasteiger partial charge in [0.15, 0.2) is 0 Å². The van der Waals surface area contributed by atoms with Crippen LogP contribution in [0.25, 0.3) is 0 Å². The van der Waals surface area contributed by atoms with E-state index in [0.717, 1.165) is 13.0 Å². The van der Waals surface area contributed by atoms with E-state index in [-0.39, 0.29) is 11.9 Å². The molecule has 0 radical (unpaired) electrons. The number of benzene rings is 1. The van der Waals surface area contributed by atoms with Gasteiger partial charge in [-0.2, -0.15) is 0 Å². The molecule has 0 saturated heterocycles. The highest BCUT2D eigenvalue weighted by Crippen LogP contribution is 2.39. The van der Waals surface area contributed by atoms with Gasteiger partial charge in [0, 0.05) is 22.8 Å². The molecule has 0 spiro atoms. The van der Waals surface area contributed by atoms with Crippen LogP contribution in [0.15, 0.2) is 53.2 Å². The van der Waals surface area contributed by atoms with Gasteiger partial charge in [-0.05, 0) is 52.9 Å². The summed E-state index contributed by atoms with van der Waals surface area (Å²) in [4.78, 5) is 17.7. The van der Waals surface area contributed by atoms with E-state index < -0.39 is 0 Å². The number of nitrogens with zero attached hydrogens (tertiary/aromatic N) is 1. The van der Waals surface area contributed by atoms with Gasteiger partial charge < -0.3 is 5.32 Å². The maximum absolute atomic E-state index is 12.6. The first-order chi connectivity index (χ1) is 12.7. The molecule has 0 fully saturated rings. The summed E-state index contributed by atoms with van der Waals surface area (Å²) in [7, 11) is 0. The standard InChI is InChI=1S/C21H22N2OS2/c1-15-5-2-3-6-16(15)13-22-20(24)14-23-10-8-18-17(9-12-26-18)21(23)19-7-4-11-25-19/h2-7,9,11-12,21H,8,10,13-14H2,1H3,(H,22,24)/t21-/m1/s1. The molecule has 3 aromatic rings. The molecule has 3 heterocycles. The van der Waals surface area contributed by atoms with E-state index in [2.05, 4.69) is 58.2 Å². The zero-order valence-corrected chi connectivity index (χ0v) is 16.4. The molecule has 1 atom stereocenters. The predicted octanol–water partition coefficient (Wildman–Crippen LogP) is 4.38. The molecule has 1 aromatic carbocycles. The first kappa shape index (κ1) is 17.5. The largest absolute Gasteiger partial charge is 0.351 e. The third-order valence-corrected chi connectivity index (χ3v) is 6.88. The van der Waals surface area contributed by atoms with Crippen LogP contribution in [0.2, 0.25) is 0 Å². The summed E-state index contributed by atoms with van der Waals surface area (Å²) in [5.74, 6) is 0.0912. The number of thiophene rings is 2. The Morgan fingerprint density at radius 2 is 2.04 bits per heavy atom. The van der Waals surface area contributed by atoms with E-state index >= 15 is 0 Å². The van der Waals surface area contributed by atoms with Crippen molar-refractivity contribution in [3.05, 3.63) is 79.7 Å². The SMILES string of the molecule is Cc1ccccc1CNC(=O)CN1CCc2sccc2[C@@H]1c1cccs1. The Bertz CT molecular complexity index is 885. The fourth-order valence-corrected chi connectivity index (χ4v) is 5.34. The van der Waals surface area contributed by atoms with E-state index in [0.29, 0.717) is 13.1 Å². The fraction of sp³-hybridized carbons (Fsp3) is 0.286. The van der Waals surface area contributed by atoms with Gasteiger partial charge >= 0.3 is 0 Å². The fourth-order valence-electron chi connectivity index (χ4n) is 3.56. The number of aryl methyl sites for hydroxylation is 1. The minimum atomic E-state index is 0.0912. The van der Waals surface area contributed by atoms with Crippen LogP contribution in [-0.2, 0) is 17.8 Å². The summed E-state index contributed by atoms with van der Waals surface area (Å²) in [6.45, 7) is 4.03. The van der Waals surface area contributed by atoms with Gasteiger partial charge in [0.2, 0.25) is 5.91 Å².